The van der Waals surface area contributed by atoms with Crippen molar-refractivity contribution < 1.29 is 9.90 Å². The SMILES string of the molecule is CSc1ccc(CN(CCO)C(=O)CC[C@H]2CCCCN2C)cc1. The fraction of sp³-hybridized carbons (Fsp3) is 0.632. The molecule has 1 aliphatic heterocycles. The minimum absolute atomic E-state index is 0.0119. The molecule has 5 heteroatoms. The van der Waals surface area contributed by atoms with Crippen LogP contribution in [0, 0.1) is 0 Å². The second-order valence-electron chi connectivity index (χ2n) is 6.56. The van der Waals surface area contributed by atoms with E-state index in [1.807, 2.05) is 0 Å². The fourth-order valence-electron chi connectivity index (χ4n) is 3.32. The number of amides is 1. The number of nitrogens with zero attached hydrogens (tertiary/aromatic N) is 2. The number of carbonyl (C=O) groups is 1. The van der Waals surface area contributed by atoms with Crippen LogP contribution >= 0.6 is 11.8 Å². The van der Waals surface area contributed by atoms with E-state index in [-0.39, 0.29) is 12.5 Å². The van der Waals surface area contributed by atoms with Crippen LogP contribution in [0.4, 0.5) is 0 Å². The zero-order valence-electron chi connectivity index (χ0n) is 14.9. The average Bonchev–Trinajstić information content (AvgIpc) is 2.61. The van der Waals surface area contributed by atoms with Gasteiger partial charge in [-0.25, -0.2) is 0 Å². The Labute approximate surface area is 150 Å². The van der Waals surface area contributed by atoms with E-state index < -0.39 is 0 Å². The summed E-state index contributed by atoms with van der Waals surface area (Å²) in [7, 11) is 2.16. The molecule has 0 spiro atoms. The second kappa shape index (κ2) is 10.1. The molecule has 0 unspecified atom stereocenters. The quantitative estimate of drug-likeness (QED) is 0.732. The highest BCUT2D eigenvalue weighted by Crippen LogP contribution is 2.20. The van der Waals surface area contributed by atoms with E-state index in [1.54, 1.807) is 16.7 Å². The average molecular weight is 351 g/mol. The normalized spacial score (nSPS) is 18.5. The van der Waals surface area contributed by atoms with Crippen LogP contribution in [-0.2, 0) is 11.3 Å². The van der Waals surface area contributed by atoms with Crippen molar-refractivity contribution >= 4 is 17.7 Å². The van der Waals surface area contributed by atoms with Gasteiger partial charge in [0.15, 0.2) is 0 Å². The molecule has 0 aromatic heterocycles. The van der Waals surface area contributed by atoms with Crippen molar-refractivity contribution in [3.05, 3.63) is 29.8 Å². The minimum Gasteiger partial charge on any atom is -0.395 e. The van der Waals surface area contributed by atoms with Gasteiger partial charge in [-0.05, 0) is 56.8 Å². The van der Waals surface area contributed by atoms with Gasteiger partial charge in [0.2, 0.25) is 5.91 Å². The van der Waals surface area contributed by atoms with Gasteiger partial charge in [0, 0.05) is 30.4 Å². The molecular weight excluding hydrogens is 320 g/mol. The van der Waals surface area contributed by atoms with Crippen LogP contribution in [0.15, 0.2) is 29.2 Å². The highest BCUT2D eigenvalue weighted by atomic mass is 32.2. The number of rotatable bonds is 8. The first kappa shape index (κ1) is 19.3. The molecule has 24 heavy (non-hydrogen) atoms. The molecule has 1 N–H and O–H groups in total. The van der Waals surface area contributed by atoms with Gasteiger partial charge in [-0.3, -0.25) is 4.79 Å². The molecule has 1 aromatic carbocycles. The Balaban J connectivity index is 1.88. The standard InChI is InChI=1S/C19H30N2O2S/c1-20-12-4-3-5-17(20)8-11-19(23)21(13-14-22)15-16-6-9-18(24-2)10-7-16/h6-7,9-10,17,22H,3-5,8,11-15H2,1-2H3/t17-/m1/s1. The number of aliphatic hydroxyl groups is 1. The third-order valence-corrected chi connectivity index (χ3v) is 5.61. The molecular formula is C19H30N2O2S. The van der Waals surface area contributed by atoms with Crippen LogP contribution in [0.3, 0.4) is 0 Å². The van der Waals surface area contributed by atoms with Crippen molar-refractivity contribution in [2.45, 2.75) is 49.6 Å². The Kier molecular flexibility index (Phi) is 8.09. The van der Waals surface area contributed by atoms with Gasteiger partial charge in [-0.2, -0.15) is 0 Å². The van der Waals surface area contributed by atoms with E-state index in [1.165, 1.54) is 24.2 Å². The maximum Gasteiger partial charge on any atom is 0.223 e. The lowest BCUT2D eigenvalue weighted by Gasteiger charge is -2.33. The first-order chi connectivity index (χ1) is 11.6. The summed E-state index contributed by atoms with van der Waals surface area (Å²) in [5.41, 5.74) is 1.12. The summed E-state index contributed by atoms with van der Waals surface area (Å²) in [6.07, 6.45) is 7.27. The molecule has 0 radical (unpaired) electrons. The number of hydrogen-bond acceptors (Lipinski definition) is 4. The van der Waals surface area contributed by atoms with Crippen LogP contribution < -0.4 is 0 Å². The maximum absolute atomic E-state index is 12.6. The molecule has 1 aromatic rings. The highest BCUT2D eigenvalue weighted by Gasteiger charge is 2.21. The van der Waals surface area contributed by atoms with Crippen molar-refractivity contribution in [2.75, 3.05) is 33.0 Å². The third-order valence-electron chi connectivity index (χ3n) is 4.87. The summed E-state index contributed by atoms with van der Waals surface area (Å²) < 4.78 is 0. The van der Waals surface area contributed by atoms with E-state index in [0.717, 1.165) is 18.5 Å². The summed E-state index contributed by atoms with van der Waals surface area (Å²) >= 11 is 1.71. The predicted octanol–water partition coefficient (Wildman–Crippen LogP) is 2.99. The molecule has 1 fully saturated rings. The van der Waals surface area contributed by atoms with Gasteiger partial charge in [0.1, 0.15) is 0 Å². The van der Waals surface area contributed by atoms with Gasteiger partial charge in [-0.1, -0.05) is 18.6 Å². The van der Waals surface area contributed by atoms with Gasteiger partial charge in [0.25, 0.3) is 0 Å². The lowest BCUT2D eigenvalue weighted by atomic mass is 9.98. The first-order valence-electron chi connectivity index (χ1n) is 8.86. The van der Waals surface area contributed by atoms with Crippen molar-refractivity contribution in [3.63, 3.8) is 0 Å². The summed E-state index contributed by atoms with van der Waals surface area (Å²) in [5.74, 6) is 0.150. The molecule has 1 amide bonds. The fourth-order valence-corrected chi connectivity index (χ4v) is 3.73. The topological polar surface area (TPSA) is 43.8 Å². The van der Waals surface area contributed by atoms with E-state index in [0.29, 0.717) is 25.6 Å². The third kappa shape index (κ3) is 5.80. The smallest absolute Gasteiger partial charge is 0.223 e. The second-order valence-corrected chi connectivity index (χ2v) is 7.44. The molecule has 1 aliphatic rings. The van der Waals surface area contributed by atoms with Crippen LogP contribution in [0.25, 0.3) is 0 Å². The van der Waals surface area contributed by atoms with Crippen LogP contribution in [-0.4, -0.2) is 59.9 Å². The zero-order chi connectivity index (χ0) is 17.4. The number of hydrogen-bond donors (Lipinski definition) is 1. The molecule has 4 nitrogen and oxygen atoms in total. The lowest BCUT2D eigenvalue weighted by molar-refractivity contribution is -0.132. The number of thioether (sulfide) groups is 1. The number of piperidine rings is 1. The first-order valence-corrected chi connectivity index (χ1v) is 10.1. The van der Waals surface area contributed by atoms with Crippen LogP contribution in [0.5, 0.6) is 0 Å². The minimum atomic E-state index is 0.0119. The van der Waals surface area contributed by atoms with Crippen molar-refractivity contribution in [1.29, 1.82) is 0 Å². The van der Waals surface area contributed by atoms with E-state index in [2.05, 4.69) is 42.5 Å². The van der Waals surface area contributed by atoms with Crippen LogP contribution in [0.1, 0.15) is 37.7 Å². The number of aliphatic hydroxyl groups excluding tert-OH is 1. The molecule has 134 valence electrons. The van der Waals surface area contributed by atoms with Crippen molar-refractivity contribution in [3.8, 4) is 0 Å². The van der Waals surface area contributed by atoms with Crippen molar-refractivity contribution in [2.24, 2.45) is 0 Å². The largest absolute Gasteiger partial charge is 0.395 e. The van der Waals surface area contributed by atoms with Gasteiger partial charge in [0.05, 0.1) is 6.61 Å². The molecule has 1 saturated heterocycles. The van der Waals surface area contributed by atoms with E-state index in [4.69, 9.17) is 0 Å². The summed E-state index contributed by atoms with van der Waals surface area (Å²) in [6, 6.07) is 8.83. The highest BCUT2D eigenvalue weighted by molar-refractivity contribution is 7.98. The molecule has 0 saturated carbocycles. The summed E-state index contributed by atoms with van der Waals surface area (Å²) in [5, 5.41) is 9.30. The Bertz CT molecular complexity index is 507. The van der Waals surface area contributed by atoms with Crippen LogP contribution in [0.2, 0.25) is 0 Å². The number of benzene rings is 1. The number of likely N-dealkylation sites (tertiary alicyclic amines) is 1. The monoisotopic (exact) mass is 350 g/mol. The van der Waals surface area contributed by atoms with Gasteiger partial charge in [-0.15, -0.1) is 11.8 Å². The number of carbonyl (C=O) groups excluding carboxylic acids is 1. The Morgan fingerprint density at radius 1 is 1.33 bits per heavy atom. The molecule has 1 heterocycles. The van der Waals surface area contributed by atoms with Gasteiger partial charge >= 0.3 is 0 Å². The van der Waals surface area contributed by atoms with E-state index >= 15 is 0 Å². The zero-order valence-corrected chi connectivity index (χ0v) is 15.7. The lowest BCUT2D eigenvalue weighted by Crippen LogP contribution is -2.38. The molecule has 0 aliphatic carbocycles. The summed E-state index contributed by atoms with van der Waals surface area (Å²) in [4.78, 5) is 18.0. The van der Waals surface area contributed by atoms with Gasteiger partial charge < -0.3 is 14.9 Å². The molecule has 2 rings (SSSR count). The molecule has 0 bridgehead atoms. The predicted molar refractivity (Wildman–Crippen MR) is 100 cm³/mol. The van der Waals surface area contributed by atoms with E-state index in [9.17, 15) is 9.90 Å². The Morgan fingerprint density at radius 2 is 2.08 bits per heavy atom. The summed E-state index contributed by atoms with van der Waals surface area (Å²) in [6.45, 7) is 2.14. The molecule has 1 atom stereocenters. The van der Waals surface area contributed by atoms with Crippen molar-refractivity contribution in [1.82, 2.24) is 9.80 Å². The maximum atomic E-state index is 12.6. The Hall–Kier alpha value is -1.04. The Morgan fingerprint density at radius 3 is 2.71 bits per heavy atom.